The number of hydrogen-bond acceptors (Lipinski definition) is 2. The first-order valence-corrected chi connectivity index (χ1v) is 10.2. The Bertz CT molecular complexity index is 567. The molecule has 0 aromatic carbocycles. The van der Waals surface area contributed by atoms with E-state index in [0.717, 1.165) is 30.6 Å². The maximum absolute atomic E-state index is 12.5. The lowest BCUT2D eigenvalue weighted by molar-refractivity contribution is -0.143. The standard InChI is InChI=1S/C21H32N2O/c1-20-10-3-6-16(20)15-7-8-18-21(2,17(15)9-11-20)13-14(5-4-12-22)19(24)23-18/h14-18H,3-11,13H2,1-2H3,(H,23,24)/t14?,15-,16-,17-,18+,20-,21+/m0/s1. The number of carbonyl (C=O) groups excluding carboxylic acids is 1. The molecule has 3 heteroatoms. The Hall–Kier alpha value is -1.04. The minimum absolute atomic E-state index is 0.0570. The van der Waals surface area contributed by atoms with Crippen LogP contribution >= 0.6 is 0 Å². The molecule has 3 saturated carbocycles. The number of nitrogens with zero attached hydrogens (tertiary/aromatic N) is 1. The molecule has 1 heterocycles. The quantitative estimate of drug-likeness (QED) is 0.815. The Morgan fingerprint density at radius 1 is 1.17 bits per heavy atom. The molecule has 0 bridgehead atoms. The highest BCUT2D eigenvalue weighted by molar-refractivity contribution is 5.80. The van der Waals surface area contributed by atoms with Crippen LogP contribution in [0, 0.1) is 45.8 Å². The molecule has 1 saturated heterocycles. The zero-order valence-corrected chi connectivity index (χ0v) is 15.3. The molecule has 4 fully saturated rings. The summed E-state index contributed by atoms with van der Waals surface area (Å²) in [4.78, 5) is 12.5. The zero-order chi connectivity index (χ0) is 16.9. The predicted molar refractivity (Wildman–Crippen MR) is 93.9 cm³/mol. The maximum atomic E-state index is 12.5. The van der Waals surface area contributed by atoms with E-state index in [1.54, 1.807) is 0 Å². The van der Waals surface area contributed by atoms with Crippen molar-refractivity contribution in [2.75, 3.05) is 0 Å². The summed E-state index contributed by atoms with van der Waals surface area (Å²) < 4.78 is 0. The minimum atomic E-state index is 0.0570. The van der Waals surface area contributed by atoms with Gasteiger partial charge in [0.25, 0.3) is 0 Å². The van der Waals surface area contributed by atoms with Gasteiger partial charge in [0.15, 0.2) is 0 Å². The van der Waals surface area contributed by atoms with Crippen LogP contribution in [0.4, 0.5) is 0 Å². The number of amides is 1. The molecule has 0 aromatic heterocycles. The average molecular weight is 329 g/mol. The van der Waals surface area contributed by atoms with E-state index in [-0.39, 0.29) is 17.2 Å². The van der Waals surface area contributed by atoms with E-state index in [1.165, 1.54) is 44.9 Å². The fourth-order valence-corrected chi connectivity index (χ4v) is 7.36. The average Bonchev–Trinajstić information content (AvgIpc) is 2.95. The highest BCUT2D eigenvalue weighted by atomic mass is 16.2. The Kier molecular flexibility index (Phi) is 3.94. The van der Waals surface area contributed by atoms with Gasteiger partial charge in [0.05, 0.1) is 6.07 Å². The fraction of sp³-hybridized carbons (Fsp3) is 0.905. The van der Waals surface area contributed by atoms with Gasteiger partial charge in [0, 0.05) is 18.4 Å². The molecule has 7 atom stereocenters. The van der Waals surface area contributed by atoms with Crippen molar-refractivity contribution in [1.29, 1.82) is 5.26 Å². The number of piperidine rings is 1. The van der Waals surface area contributed by atoms with Crippen molar-refractivity contribution in [3.63, 3.8) is 0 Å². The van der Waals surface area contributed by atoms with Crippen LogP contribution in [0.1, 0.15) is 78.1 Å². The molecule has 4 rings (SSSR count). The van der Waals surface area contributed by atoms with Crippen molar-refractivity contribution in [1.82, 2.24) is 5.32 Å². The summed E-state index contributed by atoms with van der Waals surface area (Å²) in [5.41, 5.74) is 0.851. The molecule has 0 spiro atoms. The summed E-state index contributed by atoms with van der Waals surface area (Å²) in [6.07, 6.45) is 11.8. The third-order valence-corrected chi connectivity index (χ3v) is 8.63. The van der Waals surface area contributed by atoms with Crippen molar-refractivity contribution in [3.8, 4) is 6.07 Å². The van der Waals surface area contributed by atoms with Crippen molar-refractivity contribution in [2.45, 2.75) is 84.1 Å². The Labute approximate surface area is 146 Å². The van der Waals surface area contributed by atoms with Crippen LogP contribution < -0.4 is 5.32 Å². The molecule has 1 N–H and O–H groups in total. The van der Waals surface area contributed by atoms with Gasteiger partial charge >= 0.3 is 0 Å². The lowest BCUT2D eigenvalue weighted by atomic mass is 9.47. The molecule has 1 amide bonds. The Balaban J connectivity index is 1.59. The SMILES string of the molecule is C[C@@]12CCC[C@H]1[C@@H]1CC[C@H]3NC(=O)C(CCC#N)C[C@]3(C)[C@H]1CC2. The maximum Gasteiger partial charge on any atom is 0.223 e. The van der Waals surface area contributed by atoms with E-state index in [4.69, 9.17) is 5.26 Å². The lowest BCUT2D eigenvalue weighted by Crippen LogP contribution is -2.62. The second-order valence-corrected chi connectivity index (χ2v) is 9.70. The van der Waals surface area contributed by atoms with Crippen LogP contribution in [0.3, 0.4) is 0 Å². The summed E-state index contributed by atoms with van der Waals surface area (Å²) in [6.45, 7) is 5.01. The first-order chi connectivity index (χ1) is 11.5. The predicted octanol–water partition coefficient (Wildman–Crippen LogP) is 4.43. The van der Waals surface area contributed by atoms with Crippen LogP contribution in [-0.2, 0) is 4.79 Å². The number of rotatable bonds is 2. The Morgan fingerprint density at radius 2 is 2.00 bits per heavy atom. The number of nitrogens with one attached hydrogen (secondary N) is 1. The normalized spacial score (nSPS) is 50.2. The molecule has 3 nitrogen and oxygen atoms in total. The monoisotopic (exact) mass is 328 g/mol. The molecule has 3 aliphatic carbocycles. The minimum Gasteiger partial charge on any atom is -0.353 e. The first-order valence-electron chi connectivity index (χ1n) is 10.2. The molecule has 4 aliphatic rings. The summed E-state index contributed by atoms with van der Waals surface area (Å²) in [5.74, 6) is 2.84. The van der Waals surface area contributed by atoms with Gasteiger partial charge < -0.3 is 5.32 Å². The van der Waals surface area contributed by atoms with Crippen LogP contribution in [0.2, 0.25) is 0 Å². The fourth-order valence-electron chi connectivity index (χ4n) is 7.36. The smallest absolute Gasteiger partial charge is 0.223 e. The zero-order valence-electron chi connectivity index (χ0n) is 15.3. The molecule has 1 aliphatic heterocycles. The van der Waals surface area contributed by atoms with E-state index in [0.29, 0.717) is 17.9 Å². The molecule has 0 aromatic rings. The number of hydrogen-bond donors (Lipinski definition) is 1. The summed E-state index contributed by atoms with van der Waals surface area (Å²) >= 11 is 0. The summed E-state index contributed by atoms with van der Waals surface area (Å²) in [5, 5.41) is 12.3. The third kappa shape index (κ3) is 2.32. The van der Waals surface area contributed by atoms with Crippen molar-refractivity contribution in [3.05, 3.63) is 0 Å². The first kappa shape index (κ1) is 16.4. The van der Waals surface area contributed by atoms with Gasteiger partial charge in [-0.3, -0.25) is 4.79 Å². The van der Waals surface area contributed by atoms with Crippen LogP contribution in [0.15, 0.2) is 0 Å². The number of nitriles is 1. The van der Waals surface area contributed by atoms with Gasteiger partial charge in [0.2, 0.25) is 5.91 Å². The van der Waals surface area contributed by atoms with E-state index in [1.807, 2.05) is 0 Å². The molecule has 24 heavy (non-hydrogen) atoms. The third-order valence-electron chi connectivity index (χ3n) is 8.63. The van der Waals surface area contributed by atoms with Gasteiger partial charge in [-0.2, -0.15) is 5.26 Å². The van der Waals surface area contributed by atoms with Gasteiger partial charge in [-0.15, -0.1) is 0 Å². The topological polar surface area (TPSA) is 52.9 Å². The lowest BCUT2D eigenvalue weighted by Gasteiger charge is -2.60. The van der Waals surface area contributed by atoms with Crippen molar-refractivity contribution >= 4 is 5.91 Å². The van der Waals surface area contributed by atoms with Crippen LogP contribution in [0.5, 0.6) is 0 Å². The van der Waals surface area contributed by atoms with Gasteiger partial charge in [-0.05, 0) is 80.0 Å². The van der Waals surface area contributed by atoms with Crippen molar-refractivity contribution < 1.29 is 4.79 Å². The Morgan fingerprint density at radius 3 is 2.79 bits per heavy atom. The molecule has 1 unspecified atom stereocenters. The molecular formula is C21H32N2O. The number of carbonyl (C=O) groups is 1. The highest BCUT2D eigenvalue weighted by Crippen LogP contribution is 2.64. The van der Waals surface area contributed by atoms with E-state index >= 15 is 0 Å². The second kappa shape index (κ2) is 5.75. The number of fused-ring (bicyclic) bond motifs is 5. The van der Waals surface area contributed by atoms with Gasteiger partial charge in [-0.25, -0.2) is 0 Å². The molecule has 0 radical (unpaired) electrons. The summed E-state index contributed by atoms with van der Waals surface area (Å²) in [7, 11) is 0. The van der Waals surface area contributed by atoms with Crippen molar-refractivity contribution in [2.24, 2.45) is 34.5 Å². The van der Waals surface area contributed by atoms with E-state index < -0.39 is 0 Å². The van der Waals surface area contributed by atoms with E-state index in [9.17, 15) is 4.79 Å². The van der Waals surface area contributed by atoms with Crippen LogP contribution in [0.25, 0.3) is 0 Å². The van der Waals surface area contributed by atoms with Gasteiger partial charge in [0.1, 0.15) is 0 Å². The largest absolute Gasteiger partial charge is 0.353 e. The summed E-state index contributed by atoms with van der Waals surface area (Å²) in [6, 6.07) is 2.60. The van der Waals surface area contributed by atoms with Gasteiger partial charge in [-0.1, -0.05) is 20.3 Å². The second-order valence-electron chi connectivity index (χ2n) is 9.70. The highest BCUT2D eigenvalue weighted by Gasteiger charge is 2.59. The molecule has 132 valence electrons. The van der Waals surface area contributed by atoms with Crippen LogP contribution in [-0.4, -0.2) is 11.9 Å². The molecular weight excluding hydrogens is 296 g/mol. The van der Waals surface area contributed by atoms with E-state index in [2.05, 4.69) is 25.2 Å².